The molecule has 0 aliphatic heterocycles. The van der Waals surface area contributed by atoms with Gasteiger partial charge < -0.3 is 10.0 Å². The number of amides is 1. The lowest BCUT2D eigenvalue weighted by Crippen LogP contribution is -2.38. The summed E-state index contributed by atoms with van der Waals surface area (Å²) in [6, 6.07) is 5.24. The first-order valence-corrected chi connectivity index (χ1v) is 5.63. The topological polar surface area (TPSA) is 64.3 Å². The van der Waals surface area contributed by atoms with Crippen molar-refractivity contribution in [2.75, 3.05) is 6.54 Å². The fourth-order valence-corrected chi connectivity index (χ4v) is 1.60. The molecule has 1 N–H and O–H groups in total. The summed E-state index contributed by atoms with van der Waals surface area (Å²) in [6.45, 7) is 3.86. The van der Waals surface area contributed by atoms with Crippen LogP contribution in [0.4, 0.5) is 4.39 Å². The molecule has 1 amide bonds. The Morgan fingerprint density at radius 1 is 1.56 bits per heavy atom. The maximum absolute atomic E-state index is 13.6. The average Bonchev–Trinajstić information content (AvgIpc) is 2.28. The Hall–Kier alpha value is -2.09. The molecule has 0 atom stereocenters. The van der Waals surface area contributed by atoms with E-state index in [0.29, 0.717) is 0 Å². The molecule has 0 aromatic heterocycles. The molecular formula is C13H15FN2O2. The van der Waals surface area contributed by atoms with Gasteiger partial charge in [-0.2, -0.15) is 5.26 Å². The molecule has 0 radical (unpaired) electrons. The van der Waals surface area contributed by atoms with E-state index in [4.69, 9.17) is 10.4 Å². The van der Waals surface area contributed by atoms with Gasteiger partial charge in [-0.25, -0.2) is 4.39 Å². The van der Waals surface area contributed by atoms with E-state index >= 15 is 0 Å². The summed E-state index contributed by atoms with van der Waals surface area (Å²) in [6.07, 6.45) is 0.198. The lowest BCUT2D eigenvalue weighted by molar-refractivity contribution is 0.0705. The van der Waals surface area contributed by atoms with Crippen LogP contribution in [0.2, 0.25) is 0 Å². The van der Waals surface area contributed by atoms with Gasteiger partial charge in [0.2, 0.25) is 0 Å². The number of phenols is 1. The minimum Gasteiger partial charge on any atom is -0.508 e. The molecule has 0 fully saturated rings. The van der Waals surface area contributed by atoms with Crippen molar-refractivity contribution in [2.45, 2.75) is 26.3 Å². The highest BCUT2D eigenvalue weighted by Crippen LogP contribution is 2.18. The minimum absolute atomic E-state index is 0.0977. The lowest BCUT2D eigenvalue weighted by atomic mass is 10.1. The van der Waals surface area contributed by atoms with Crippen molar-refractivity contribution in [2.24, 2.45) is 0 Å². The van der Waals surface area contributed by atoms with Gasteiger partial charge >= 0.3 is 0 Å². The van der Waals surface area contributed by atoms with E-state index in [0.717, 1.165) is 6.07 Å². The van der Waals surface area contributed by atoms with E-state index < -0.39 is 11.7 Å². The van der Waals surface area contributed by atoms with E-state index in [1.807, 2.05) is 6.07 Å². The predicted octanol–water partition coefficient (Wildman–Crippen LogP) is 2.30. The first kappa shape index (κ1) is 14.0. The van der Waals surface area contributed by atoms with Crippen molar-refractivity contribution >= 4 is 5.91 Å². The Morgan fingerprint density at radius 2 is 2.22 bits per heavy atom. The van der Waals surface area contributed by atoms with Crippen LogP contribution >= 0.6 is 0 Å². The number of aromatic hydroxyl groups is 1. The van der Waals surface area contributed by atoms with Crippen LogP contribution in [0.25, 0.3) is 0 Å². The third-order valence-corrected chi connectivity index (χ3v) is 2.53. The van der Waals surface area contributed by atoms with Crippen molar-refractivity contribution in [1.82, 2.24) is 4.90 Å². The summed E-state index contributed by atoms with van der Waals surface area (Å²) in [4.78, 5) is 13.5. The van der Waals surface area contributed by atoms with Crippen LogP contribution in [-0.4, -0.2) is 28.5 Å². The number of nitriles is 1. The monoisotopic (exact) mass is 250 g/mol. The third-order valence-electron chi connectivity index (χ3n) is 2.53. The summed E-state index contributed by atoms with van der Waals surface area (Å²) in [7, 11) is 0. The highest BCUT2D eigenvalue weighted by molar-refractivity contribution is 5.94. The zero-order valence-electron chi connectivity index (χ0n) is 10.4. The molecule has 0 heterocycles. The SMILES string of the molecule is CC(C)N(CCC#N)C(=O)c1ccc(O)cc1F. The molecule has 0 aliphatic rings. The largest absolute Gasteiger partial charge is 0.508 e. The molecule has 0 bridgehead atoms. The third kappa shape index (κ3) is 3.20. The molecule has 96 valence electrons. The number of halogens is 1. The molecule has 4 nitrogen and oxygen atoms in total. The summed E-state index contributed by atoms with van der Waals surface area (Å²) >= 11 is 0. The quantitative estimate of drug-likeness (QED) is 0.891. The minimum atomic E-state index is -0.761. The fraction of sp³-hybridized carbons (Fsp3) is 0.385. The highest BCUT2D eigenvalue weighted by Gasteiger charge is 2.21. The van der Waals surface area contributed by atoms with Gasteiger partial charge in [-0.05, 0) is 26.0 Å². The van der Waals surface area contributed by atoms with Crippen molar-refractivity contribution in [3.63, 3.8) is 0 Å². The van der Waals surface area contributed by atoms with Gasteiger partial charge in [0.15, 0.2) is 0 Å². The lowest BCUT2D eigenvalue weighted by Gasteiger charge is -2.26. The van der Waals surface area contributed by atoms with Gasteiger partial charge in [0, 0.05) is 18.7 Å². The number of hydrogen-bond donors (Lipinski definition) is 1. The molecule has 0 aliphatic carbocycles. The Morgan fingerprint density at radius 3 is 2.72 bits per heavy atom. The molecule has 0 saturated carbocycles. The molecule has 0 spiro atoms. The summed E-state index contributed by atoms with van der Waals surface area (Å²) in [5.74, 6) is -1.46. The zero-order valence-corrected chi connectivity index (χ0v) is 10.4. The molecule has 5 heteroatoms. The second kappa shape index (κ2) is 6.01. The summed E-state index contributed by atoms with van der Waals surface area (Å²) in [5.41, 5.74) is -0.0977. The van der Waals surface area contributed by atoms with Crippen LogP contribution in [0.5, 0.6) is 5.75 Å². The standard InChI is InChI=1S/C13H15FN2O2/c1-9(2)16(7-3-6-15)13(18)11-5-4-10(17)8-12(11)14/h4-5,8-9,17H,3,7H2,1-2H3. The second-order valence-electron chi connectivity index (χ2n) is 4.16. The molecule has 0 unspecified atom stereocenters. The van der Waals surface area contributed by atoms with Gasteiger partial charge in [0.05, 0.1) is 18.1 Å². The van der Waals surface area contributed by atoms with Crippen LogP contribution in [0.1, 0.15) is 30.6 Å². The zero-order chi connectivity index (χ0) is 13.7. The smallest absolute Gasteiger partial charge is 0.257 e. The first-order valence-electron chi connectivity index (χ1n) is 5.63. The Bertz CT molecular complexity index is 480. The number of phenolic OH excluding ortho intramolecular Hbond substituents is 1. The Balaban J connectivity index is 2.99. The maximum Gasteiger partial charge on any atom is 0.257 e. The predicted molar refractivity (Wildman–Crippen MR) is 64.5 cm³/mol. The van der Waals surface area contributed by atoms with Crippen LogP contribution in [-0.2, 0) is 0 Å². The number of hydrogen-bond acceptors (Lipinski definition) is 3. The van der Waals surface area contributed by atoms with Crippen molar-refractivity contribution in [1.29, 1.82) is 5.26 Å². The van der Waals surface area contributed by atoms with E-state index in [9.17, 15) is 9.18 Å². The van der Waals surface area contributed by atoms with E-state index in [1.165, 1.54) is 17.0 Å². The summed E-state index contributed by atoms with van der Waals surface area (Å²) in [5, 5.41) is 17.6. The molecule has 1 aromatic rings. The highest BCUT2D eigenvalue weighted by atomic mass is 19.1. The number of benzene rings is 1. The molecule has 1 rings (SSSR count). The van der Waals surface area contributed by atoms with Crippen molar-refractivity contribution in [3.05, 3.63) is 29.6 Å². The molecular weight excluding hydrogens is 235 g/mol. The number of carbonyl (C=O) groups is 1. The second-order valence-corrected chi connectivity index (χ2v) is 4.16. The summed E-state index contributed by atoms with van der Waals surface area (Å²) < 4.78 is 13.6. The Labute approximate surface area is 105 Å². The number of rotatable bonds is 4. The van der Waals surface area contributed by atoms with Crippen LogP contribution < -0.4 is 0 Å². The fourth-order valence-electron chi connectivity index (χ4n) is 1.60. The number of carbonyl (C=O) groups excluding carboxylic acids is 1. The van der Waals surface area contributed by atoms with Gasteiger partial charge in [-0.15, -0.1) is 0 Å². The Kier molecular flexibility index (Phi) is 4.67. The van der Waals surface area contributed by atoms with Crippen LogP contribution in [0, 0.1) is 17.1 Å². The first-order chi connectivity index (χ1) is 8.47. The number of nitrogens with zero attached hydrogens (tertiary/aromatic N) is 2. The van der Waals surface area contributed by atoms with Crippen LogP contribution in [0.15, 0.2) is 18.2 Å². The average molecular weight is 250 g/mol. The normalized spacial score (nSPS) is 10.2. The van der Waals surface area contributed by atoms with Gasteiger partial charge in [-0.3, -0.25) is 4.79 Å². The van der Waals surface area contributed by atoms with E-state index in [1.54, 1.807) is 13.8 Å². The molecule has 0 saturated heterocycles. The van der Waals surface area contributed by atoms with E-state index in [2.05, 4.69) is 0 Å². The van der Waals surface area contributed by atoms with Crippen LogP contribution in [0.3, 0.4) is 0 Å². The maximum atomic E-state index is 13.6. The van der Waals surface area contributed by atoms with E-state index in [-0.39, 0.29) is 30.3 Å². The van der Waals surface area contributed by atoms with Gasteiger partial charge in [0.25, 0.3) is 5.91 Å². The van der Waals surface area contributed by atoms with Crippen molar-refractivity contribution < 1.29 is 14.3 Å². The van der Waals surface area contributed by atoms with Crippen molar-refractivity contribution in [3.8, 4) is 11.8 Å². The van der Waals surface area contributed by atoms with Gasteiger partial charge in [0.1, 0.15) is 11.6 Å². The van der Waals surface area contributed by atoms with Gasteiger partial charge in [-0.1, -0.05) is 0 Å². The molecule has 1 aromatic carbocycles. The molecule has 18 heavy (non-hydrogen) atoms.